The van der Waals surface area contributed by atoms with Gasteiger partial charge in [0.15, 0.2) is 0 Å². The molecule has 3 heteroatoms. The molecule has 3 nitrogen and oxygen atoms in total. The quantitative estimate of drug-likeness (QED) is 0.839. The molecule has 1 fully saturated rings. The van der Waals surface area contributed by atoms with Crippen LogP contribution in [0.1, 0.15) is 24.6 Å². The van der Waals surface area contributed by atoms with Crippen molar-refractivity contribution < 1.29 is 0 Å². The van der Waals surface area contributed by atoms with Crippen molar-refractivity contribution in [1.29, 1.82) is 0 Å². The number of rotatable bonds is 3. The highest BCUT2D eigenvalue weighted by Crippen LogP contribution is 2.23. The second kappa shape index (κ2) is 4.93. The third-order valence-corrected chi connectivity index (χ3v) is 3.46. The summed E-state index contributed by atoms with van der Waals surface area (Å²) < 4.78 is 0. The number of aryl methyl sites for hydroxylation is 1. The molecule has 1 saturated heterocycles. The van der Waals surface area contributed by atoms with Crippen molar-refractivity contribution in [2.75, 3.05) is 13.1 Å². The summed E-state index contributed by atoms with van der Waals surface area (Å²) in [5.74, 6) is 0.667. The summed E-state index contributed by atoms with van der Waals surface area (Å²) in [6.07, 6.45) is 3.17. The Morgan fingerprint density at radius 2 is 2.31 bits per heavy atom. The second-order valence-electron chi connectivity index (χ2n) is 4.94. The van der Waals surface area contributed by atoms with Crippen LogP contribution in [0.25, 0.3) is 0 Å². The number of nitrogens with two attached hydrogens (primary N) is 1. The standard InChI is InChI=1S/C13H21N3/c1-10-3-4-13(15-7-10)9-16-8-12(6-14)5-11(16)2/h3-4,7,11-12H,5-6,8-9,14H2,1-2H3. The normalized spacial score (nSPS) is 26.2. The summed E-state index contributed by atoms with van der Waals surface area (Å²) in [7, 11) is 0. The fourth-order valence-electron chi connectivity index (χ4n) is 2.41. The Morgan fingerprint density at radius 3 is 2.88 bits per heavy atom. The highest BCUT2D eigenvalue weighted by atomic mass is 15.2. The summed E-state index contributed by atoms with van der Waals surface area (Å²) in [6.45, 7) is 7.23. The van der Waals surface area contributed by atoms with Crippen molar-refractivity contribution in [2.24, 2.45) is 11.7 Å². The van der Waals surface area contributed by atoms with Gasteiger partial charge in [-0.25, -0.2) is 0 Å². The maximum absolute atomic E-state index is 5.73. The Bertz CT molecular complexity index is 334. The molecule has 2 N–H and O–H groups in total. The van der Waals surface area contributed by atoms with Crippen molar-refractivity contribution in [3.63, 3.8) is 0 Å². The van der Waals surface area contributed by atoms with Crippen LogP contribution >= 0.6 is 0 Å². The Hall–Kier alpha value is -0.930. The Balaban J connectivity index is 1.97. The number of hydrogen-bond donors (Lipinski definition) is 1. The third kappa shape index (κ3) is 2.60. The first kappa shape index (κ1) is 11.6. The molecule has 0 spiro atoms. The topological polar surface area (TPSA) is 42.1 Å². The lowest BCUT2D eigenvalue weighted by atomic mass is 10.1. The molecule has 1 aromatic rings. The van der Waals surface area contributed by atoms with Gasteiger partial charge >= 0.3 is 0 Å². The minimum Gasteiger partial charge on any atom is -0.330 e. The first-order valence-corrected chi connectivity index (χ1v) is 6.04. The first-order valence-electron chi connectivity index (χ1n) is 6.04. The van der Waals surface area contributed by atoms with E-state index in [1.54, 1.807) is 0 Å². The molecular formula is C13H21N3. The van der Waals surface area contributed by atoms with E-state index in [0.29, 0.717) is 12.0 Å². The fraction of sp³-hybridized carbons (Fsp3) is 0.615. The number of hydrogen-bond acceptors (Lipinski definition) is 3. The van der Waals surface area contributed by atoms with Crippen LogP contribution in [0.4, 0.5) is 0 Å². The molecule has 0 aromatic carbocycles. The van der Waals surface area contributed by atoms with Crippen LogP contribution < -0.4 is 5.73 Å². The zero-order chi connectivity index (χ0) is 11.5. The predicted molar refractivity (Wildman–Crippen MR) is 66.0 cm³/mol. The largest absolute Gasteiger partial charge is 0.330 e. The average Bonchev–Trinajstić information content (AvgIpc) is 2.63. The number of likely N-dealkylation sites (tertiary alicyclic amines) is 1. The molecule has 88 valence electrons. The molecule has 2 heterocycles. The van der Waals surface area contributed by atoms with E-state index >= 15 is 0 Å². The van der Waals surface area contributed by atoms with Crippen LogP contribution in [0, 0.1) is 12.8 Å². The molecule has 2 rings (SSSR count). The molecule has 1 aliphatic heterocycles. The molecular weight excluding hydrogens is 198 g/mol. The molecule has 16 heavy (non-hydrogen) atoms. The predicted octanol–water partition coefficient (Wildman–Crippen LogP) is 1.56. The van der Waals surface area contributed by atoms with Crippen molar-refractivity contribution in [3.8, 4) is 0 Å². The van der Waals surface area contributed by atoms with Crippen LogP contribution in [-0.4, -0.2) is 29.0 Å². The first-order chi connectivity index (χ1) is 7.69. The zero-order valence-corrected chi connectivity index (χ0v) is 10.2. The molecule has 2 atom stereocenters. The van der Waals surface area contributed by atoms with E-state index in [-0.39, 0.29) is 0 Å². The van der Waals surface area contributed by atoms with Crippen LogP contribution in [0.2, 0.25) is 0 Å². The van der Waals surface area contributed by atoms with Crippen molar-refractivity contribution in [1.82, 2.24) is 9.88 Å². The molecule has 0 radical (unpaired) electrons. The van der Waals surface area contributed by atoms with E-state index in [2.05, 4.69) is 35.9 Å². The molecule has 1 aromatic heterocycles. The summed E-state index contributed by atoms with van der Waals surface area (Å²) >= 11 is 0. The minimum atomic E-state index is 0.636. The highest BCUT2D eigenvalue weighted by Gasteiger charge is 2.27. The van der Waals surface area contributed by atoms with Gasteiger partial charge in [-0.1, -0.05) is 6.07 Å². The van der Waals surface area contributed by atoms with Crippen molar-refractivity contribution in [2.45, 2.75) is 32.9 Å². The van der Waals surface area contributed by atoms with E-state index in [4.69, 9.17) is 5.73 Å². The van der Waals surface area contributed by atoms with Gasteiger partial charge in [-0.05, 0) is 44.4 Å². The van der Waals surface area contributed by atoms with Crippen LogP contribution in [-0.2, 0) is 6.54 Å². The smallest absolute Gasteiger partial charge is 0.0544 e. The van der Waals surface area contributed by atoms with E-state index in [1.807, 2.05) is 6.20 Å². The summed E-state index contributed by atoms with van der Waals surface area (Å²) in [6, 6.07) is 4.89. The molecule has 2 unspecified atom stereocenters. The lowest BCUT2D eigenvalue weighted by molar-refractivity contribution is 0.253. The van der Waals surface area contributed by atoms with Gasteiger partial charge in [0.1, 0.15) is 0 Å². The highest BCUT2D eigenvalue weighted by molar-refractivity contribution is 5.12. The van der Waals surface area contributed by atoms with Gasteiger partial charge in [-0.3, -0.25) is 9.88 Å². The Morgan fingerprint density at radius 1 is 1.50 bits per heavy atom. The van der Waals surface area contributed by atoms with E-state index in [0.717, 1.165) is 25.3 Å². The summed E-state index contributed by atoms with van der Waals surface area (Å²) in [5.41, 5.74) is 8.11. The van der Waals surface area contributed by atoms with Gasteiger partial charge in [-0.15, -0.1) is 0 Å². The number of nitrogens with zero attached hydrogens (tertiary/aromatic N) is 2. The second-order valence-corrected chi connectivity index (χ2v) is 4.94. The lowest BCUT2D eigenvalue weighted by Crippen LogP contribution is -2.27. The van der Waals surface area contributed by atoms with Crippen LogP contribution in [0.3, 0.4) is 0 Å². The van der Waals surface area contributed by atoms with Crippen LogP contribution in [0.5, 0.6) is 0 Å². The van der Waals surface area contributed by atoms with Crippen molar-refractivity contribution >= 4 is 0 Å². The number of pyridine rings is 1. The fourth-order valence-corrected chi connectivity index (χ4v) is 2.41. The number of aromatic nitrogens is 1. The van der Waals surface area contributed by atoms with E-state index in [9.17, 15) is 0 Å². The Kier molecular flexibility index (Phi) is 3.56. The zero-order valence-electron chi connectivity index (χ0n) is 10.2. The average molecular weight is 219 g/mol. The Labute approximate surface area is 97.7 Å². The molecule has 0 bridgehead atoms. The monoisotopic (exact) mass is 219 g/mol. The summed E-state index contributed by atoms with van der Waals surface area (Å²) in [4.78, 5) is 6.94. The minimum absolute atomic E-state index is 0.636. The third-order valence-electron chi connectivity index (χ3n) is 3.46. The van der Waals surface area contributed by atoms with Gasteiger partial charge in [0.2, 0.25) is 0 Å². The molecule has 0 saturated carbocycles. The van der Waals surface area contributed by atoms with Gasteiger partial charge in [0.25, 0.3) is 0 Å². The van der Waals surface area contributed by atoms with Gasteiger partial charge in [0, 0.05) is 25.3 Å². The molecule has 0 amide bonds. The van der Waals surface area contributed by atoms with Crippen molar-refractivity contribution in [3.05, 3.63) is 29.6 Å². The van der Waals surface area contributed by atoms with Gasteiger partial charge in [0.05, 0.1) is 5.69 Å². The lowest BCUT2D eigenvalue weighted by Gasteiger charge is -2.20. The van der Waals surface area contributed by atoms with Gasteiger partial charge < -0.3 is 5.73 Å². The summed E-state index contributed by atoms with van der Waals surface area (Å²) in [5, 5.41) is 0. The maximum atomic E-state index is 5.73. The molecule has 0 aliphatic carbocycles. The molecule has 1 aliphatic rings. The SMILES string of the molecule is Cc1ccc(CN2CC(CN)CC2C)nc1. The van der Waals surface area contributed by atoms with E-state index < -0.39 is 0 Å². The van der Waals surface area contributed by atoms with E-state index in [1.165, 1.54) is 12.0 Å². The van der Waals surface area contributed by atoms with Gasteiger partial charge in [-0.2, -0.15) is 0 Å². The maximum Gasteiger partial charge on any atom is 0.0544 e. The van der Waals surface area contributed by atoms with Crippen LogP contribution in [0.15, 0.2) is 18.3 Å².